The number of esters is 1. The predicted octanol–water partition coefficient (Wildman–Crippen LogP) is 0.978. The van der Waals surface area contributed by atoms with Crippen molar-refractivity contribution in [1.29, 1.82) is 0 Å². The second-order valence-corrected chi connectivity index (χ2v) is 3.70. The van der Waals surface area contributed by atoms with E-state index in [2.05, 4.69) is 4.74 Å². The van der Waals surface area contributed by atoms with Gasteiger partial charge in [0.25, 0.3) is 0 Å². The fourth-order valence-electron chi connectivity index (χ4n) is 0.988. The topological polar surface area (TPSA) is 59.1 Å². The van der Waals surface area contributed by atoms with Crippen LogP contribution >= 0.6 is 0 Å². The quantitative estimate of drug-likeness (QED) is 0.327. The largest absolute Gasteiger partial charge is 0.466 e. The summed E-state index contributed by atoms with van der Waals surface area (Å²) in [6.45, 7) is 2.44. The highest BCUT2D eigenvalue weighted by Gasteiger charge is 2.45. The van der Waals surface area contributed by atoms with Gasteiger partial charge in [-0.1, -0.05) is 30.4 Å². The van der Waals surface area contributed by atoms with E-state index in [1.54, 1.807) is 30.4 Å². The first-order valence-corrected chi connectivity index (χ1v) is 5.00. The Morgan fingerprint density at radius 2 is 2.06 bits per heavy atom. The second kappa shape index (κ2) is 5.63. The van der Waals surface area contributed by atoms with Crippen LogP contribution in [0.1, 0.15) is 6.92 Å². The summed E-state index contributed by atoms with van der Waals surface area (Å²) < 4.78 is 9.50. The van der Waals surface area contributed by atoms with Crippen LogP contribution in [0.2, 0.25) is 0 Å². The zero-order valence-electron chi connectivity index (χ0n) is 9.42. The molecular weight excluding hydrogens is 208 g/mol. The van der Waals surface area contributed by atoms with Gasteiger partial charge in [-0.15, -0.1) is 0 Å². The van der Waals surface area contributed by atoms with Gasteiger partial charge in [-0.05, 0) is 6.92 Å². The van der Waals surface area contributed by atoms with Crippen LogP contribution in [0.25, 0.3) is 0 Å². The van der Waals surface area contributed by atoms with Crippen LogP contribution < -0.4 is 0 Å². The van der Waals surface area contributed by atoms with E-state index in [1.165, 1.54) is 13.2 Å². The summed E-state index contributed by atoms with van der Waals surface area (Å²) in [4.78, 5) is 10.7. The fourth-order valence-corrected chi connectivity index (χ4v) is 0.988. The molecule has 2 atom stereocenters. The molecule has 0 amide bonds. The minimum absolute atomic E-state index is 0.396. The van der Waals surface area contributed by atoms with Crippen molar-refractivity contribution >= 4 is 5.97 Å². The number of aliphatic hydroxyl groups is 1. The molecule has 1 saturated heterocycles. The minimum Gasteiger partial charge on any atom is -0.466 e. The molecule has 1 N–H and O–H groups in total. The van der Waals surface area contributed by atoms with E-state index in [9.17, 15) is 9.90 Å². The zero-order valence-corrected chi connectivity index (χ0v) is 9.42. The van der Waals surface area contributed by atoms with Gasteiger partial charge in [-0.2, -0.15) is 0 Å². The molecule has 0 aromatic rings. The molecule has 4 heteroatoms. The lowest BCUT2D eigenvalue weighted by Gasteiger charge is -2.08. The Balaban J connectivity index is 2.28. The van der Waals surface area contributed by atoms with Gasteiger partial charge < -0.3 is 14.6 Å². The summed E-state index contributed by atoms with van der Waals surface area (Å²) >= 11 is 0. The van der Waals surface area contributed by atoms with Gasteiger partial charge in [-0.25, -0.2) is 4.79 Å². The molecule has 88 valence electrons. The summed E-state index contributed by atoms with van der Waals surface area (Å²) in [6.07, 6.45) is 9.03. The lowest BCUT2D eigenvalue weighted by atomic mass is 10.1. The average Bonchev–Trinajstić information content (AvgIpc) is 3.02. The maximum atomic E-state index is 10.7. The third kappa shape index (κ3) is 4.00. The Morgan fingerprint density at radius 3 is 2.62 bits per heavy atom. The number of aliphatic hydroxyl groups excluding tert-OH is 1. The van der Waals surface area contributed by atoms with Crippen molar-refractivity contribution in [3.8, 4) is 0 Å². The van der Waals surface area contributed by atoms with Crippen molar-refractivity contribution < 1.29 is 19.4 Å². The SMILES string of the molecule is COC(=O)/C=C/C=C/C=C/[C@@H](O)[C@]1(C)CO1. The first kappa shape index (κ1) is 12.7. The first-order valence-electron chi connectivity index (χ1n) is 5.00. The van der Waals surface area contributed by atoms with Crippen LogP contribution in [0.4, 0.5) is 0 Å². The molecule has 16 heavy (non-hydrogen) atoms. The molecule has 0 aromatic heterocycles. The Kier molecular flexibility index (Phi) is 4.46. The number of epoxide rings is 1. The first-order chi connectivity index (χ1) is 7.58. The highest BCUT2D eigenvalue weighted by atomic mass is 16.6. The number of allylic oxidation sites excluding steroid dienone is 4. The number of carbonyl (C=O) groups is 1. The Labute approximate surface area is 94.9 Å². The average molecular weight is 224 g/mol. The molecule has 1 heterocycles. The van der Waals surface area contributed by atoms with Crippen LogP contribution in [0.3, 0.4) is 0 Å². The number of ether oxygens (including phenoxy) is 2. The van der Waals surface area contributed by atoms with Gasteiger partial charge in [0.15, 0.2) is 0 Å². The molecule has 1 aliphatic heterocycles. The summed E-state index contributed by atoms with van der Waals surface area (Å²) in [6, 6.07) is 0. The van der Waals surface area contributed by atoms with Crippen molar-refractivity contribution in [2.75, 3.05) is 13.7 Å². The molecule has 4 nitrogen and oxygen atoms in total. The van der Waals surface area contributed by atoms with Gasteiger partial charge in [-0.3, -0.25) is 0 Å². The molecule has 1 fully saturated rings. The molecule has 0 aliphatic carbocycles. The van der Waals surface area contributed by atoms with Crippen LogP contribution in [0.5, 0.6) is 0 Å². The van der Waals surface area contributed by atoms with E-state index in [0.29, 0.717) is 6.61 Å². The number of hydrogen-bond donors (Lipinski definition) is 1. The summed E-state index contributed by atoms with van der Waals surface area (Å²) in [5.41, 5.74) is -0.411. The molecular formula is C12H16O4. The van der Waals surface area contributed by atoms with Gasteiger partial charge in [0.05, 0.1) is 13.7 Å². The minimum atomic E-state index is -0.596. The van der Waals surface area contributed by atoms with Crippen LogP contribution in [0.15, 0.2) is 36.5 Å². The normalized spacial score (nSPS) is 26.7. The van der Waals surface area contributed by atoms with Crippen molar-refractivity contribution in [3.05, 3.63) is 36.5 Å². The molecule has 0 saturated carbocycles. The summed E-state index contributed by atoms with van der Waals surface area (Å²) in [5, 5.41) is 9.59. The Bertz CT molecular complexity index is 324. The third-order valence-corrected chi connectivity index (χ3v) is 2.29. The molecule has 1 rings (SSSR count). The van der Waals surface area contributed by atoms with E-state index < -0.39 is 17.7 Å². The molecule has 0 bridgehead atoms. The van der Waals surface area contributed by atoms with Crippen molar-refractivity contribution in [2.24, 2.45) is 0 Å². The highest BCUT2D eigenvalue weighted by molar-refractivity contribution is 5.82. The van der Waals surface area contributed by atoms with E-state index in [4.69, 9.17) is 4.74 Å². The zero-order chi connectivity index (χ0) is 12.0. The second-order valence-electron chi connectivity index (χ2n) is 3.70. The Morgan fingerprint density at radius 1 is 1.44 bits per heavy atom. The number of rotatable bonds is 5. The van der Waals surface area contributed by atoms with E-state index in [-0.39, 0.29) is 0 Å². The van der Waals surface area contributed by atoms with Crippen LogP contribution in [0, 0.1) is 0 Å². The third-order valence-electron chi connectivity index (χ3n) is 2.29. The number of hydrogen-bond acceptors (Lipinski definition) is 4. The maximum Gasteiger partial charge on any atom is 0.330 e. The lowest BCUT2D eigenvalue weighted by Crippen LogP contribution is -2.23. The summed E-state index contributed by atoms with van der Waals surface area (Å²) in [5.74, 6) is -0.396. The monoisotopic (exact) mass is 224 g/mol. The highest BCUT2D eigenvalue weighted by Crippen LogP contribution is 2.30. The number of carbonyl (C=O) groups excluding carboxylic acids is 1. The molecule has 0 spiro atoms. The van der Waals surface area contributed by atoms with Gasteiger partial charge in [0.2, 0.25) is 0 Å². The van der Waals surface area contributed by atoms with Crippen molar-refractivity contribution in [2.45, 2.75) is 18.6 Å². The molecule has 0 aromatic carbocycles. The molecule has 1 aliphatic rings. The van der Waals surface area contributed by atoms with E-state index >= 15 is 0 Å². The molecule has 0 unspecified atom stereocenters. The van der Waals surface area contributed by atoms with Crippen LogP contribution in [-0.2, 0) is 14.3 Å². The Hall–Kier alpha value is -1.39. The van der Waals surface area contributed by atoms with Gasteiger partial charge >= 0.3 is 5.97 Å². The molecule has 0 radical (unpaired) electrons. The maximum absolute atomic E-state index is 10.7. The summed E-state index contributed by atoms with van der Waals surface area (Å²) in [7, 11) is 1.32. The lowest BCUT2D eigenvalue weighted by molar-refractivity contribution is -0.134. The van der Waals surface area contributed by atoms with E-state index in [1.807, 2.05) is 6.92 Å². The smallest absolute Gasteiger partial charge is 0.330 e. The standard InChI is InChI=1S/C12H16O4/c1-12(9-16-12)10(13)7-5-3-4-6-8-11(14)15-2/h3-8,10,13H,9H2,1-2H3/b4-3+,7-5+,8-6+/t10-,12+/m1/s1. The predicted molar refractivity (Wildman–Crippen MR) is 59.8 cm³/mol. The van der Waals surface area contributed by atoms with Crippen molar-refractivity contribution in [1.82, 2.24) is 0 Å². The van der Waals surface area contributed by atoms with Gasteiger partial charge in [0.1, 0.15) is 11.7 Å². The number of methoxy groups -OCH3 is 1. The van der Waals surface area contributed by atoms with E-state index in [0.717, 1.165) is 0 Å². The van der Waals surface area contributed by atoms with Crippen LogP contribution in [-0.4, -0.2) is 36.5 Å². The van der Waals surface area contributed by atoms with Crippen molar-refractivity contribution in [3.63, 3.8) is 0 Å². The fraction of sp³-hybridized carbons (Fsp3) is 0.417. The van der Waals surface area contributed by atoms with Gasteiger partial charge in [0, 0.05) is 6.08 Å².